The van der Waals surface area contributed by atoms with Gasteiger partial charge in [-0.3, -0.25) is 0 Å². The molecule has 0 aromatic carbocycles. The number of nitrogens with one attached hydrogen (secondary N) is 1. The van der Waals surface area contributed by atoms with Crippen LogP contribution >= 0.6 is 11.6 Å². The van der Waals surface area contributed by atoms with E-state index in [9.17, 15) is 0 Å². The van der Waals surface area contributed by atoms with Gasteiger partial charge in [0.15, 0.2) is 5.28 Å². The average molecular weight is 159 g/mol. The van der Waals surface area contributed by atoms with Crippen LogP contribution in [0.2, 0.25) is 5.28 Å². The lowest BCUT2D eigenvalue weighted by Gasteiger charge is -2.13. The first-order valence-electron chi connectivity index (χ1n) is 3.21. The first-order chi connectivity index (χ1) is 4.50. The van der Waals surface area contributed by atoms with Crippen molar-refractivity contribution >= 4 is 11.6 Å². The van der Waals surface area contributed by atoms with Crippen molar-refractivity contribution in [1.82, 2.24) is 9.97 Å². The Morgan fingerprint density at radius 2 is 2.10 bits per heavy atom. The maximum atomic E-state index is 5.60. The second-order valence-electron chi connectivity index (χ2n) is 3.33. The van der Waals surface area contributed by atoms with E-state index in [4.69, 9.17) is 11.6 Å². The molecular formula is C7H11ClN2. The molecule has 1 aromatic heterocycles. The summed E-state index contributed by atoms with van der Waals surface area (Å²) in [6.07, 6.45) is 1.84. The van der Waals surface area contributed by atoms with E-state index in [0.717, 1.165) is 5.69 Å². The highest BCUT2D eigenvalue weighted by Gasteiger charge is 2.16. The molecular weight excluding hydrogens is 148 g/mol. The Balaban J connectivity index is 2.96. The highest BCUT2D eigenvalue weighted by molar-refractivity contribution is 6.28. The zero-order valence-corrected chi connectivity index (χ0v) is 7.16. The third-order valence-corrected chi connectivity index (χ3v) is 1.51. The van der Waals surface area contributed by atoms with Crippen LogP contribution in [-0.4, -0.2) is 9.97 Å². The Labute approximate surface area is 65.6 Å². The fourth-order valence-electron chi connectivity index (χ4n) is 0.682. The van der Waals surface area contributed by atoms with Crippen molar-refractivity contribution in [3.8, 4) is 0 Å². The molecule has 0 atom stereocenters. The van der Waals surface area contributed by atoms with Crippen molar-refractivity contribution in [2.45, 2.75) is 26.2 Å². The first-order valence-corrected chi connectivity index (χ1v) is 3.59. The molecule has 0 aliphatic rings. The molecule has 10 heavy (non-hydrogen) atoms. The van der Waals surface area contributed by atoms with Gasteiger partial charge in [-0.25, -0.2) is 4.98 Å². The minimum absolute atomic E-state index is 0.0869. The molecule has 0 unspecified atom stereocenters. The van der Waals surface area contributed by atoms with Gasteiger partial charge in [-0.05, 0) is 11.6 Å². The highest BCUT2D eigenvalue weighted by atomic mass is 35.5. The number of hydrogen-bond donors (Lipinski definition) is 1. The van der Waals surface area contributed by atoms with E-state index < -0.39 is 0 Å². The normalized spacial score (nSPS) is 12.0. The number of halogens is 1. The van der Waals surface area contributed by atoms with Crippen molar-refractivity contribution < 1.29 is 0 Å². The molecule has 1 rings (SSSR count). The third-order valence-electron chi connectivity index (χ3n) is 1.32. The lowest BCUT2D eigenvalue weighted by atomic mass is 9.93. The van der Waals surface area contributed by atoms with Crippen LogP contribution in [0.3, 0.4) is 0 Å². The van der Waals surface area contributed by atoms with Crippen molar-refractivity contribution in [1.29, 1.82) is 0 Å². The number of rotatable bonds is 0. The smallest absolute Gasteiger partial charge is 0.200 e. The third kappa shape index (κ3) is 1.51. The van der Waals surface area contributed by atoms with Gasteiger partial charge in [0.1, 0.15) is 0 Å². The number of H-pyrrole nitrogens is 1. The number of imidazole rings is 1. The summed E-state index contributed by atoms with van der Waals surface area (Å²) in [5.41, 5.74) is 1.08. The Morgan fingerprint density at radius 3 is 2.30 bits per heavy atom. The number of hydrogen-bond acceptors (Lipinski definition) is 1. The number of nitrogens with zero attached hydrogens (tertiary/aromatic N) is 1. The van der Waals surface area contributed by atoms with Gasteiger partial charge in [-0.15, -0.1) is 0 Å². The Morgan fingerprint density at radius 1 is 1.50 bits per heavy atom. The van der Waals surface area contributed by atoms with Gasteiger partial charge in [0, 0.05) is 11.6 Å². The van der Waals surface area contributed by atoms with Crippen LogP contribution in [0.1, 0.15) is 26.5 Å². The van der Waals surface area contributed by atoms with Gasteiger partial charge in [0.05, 0.1) is 5.69 Å². The van der Waals surface area contributed by atoms with Gasteiger partial charge < -0.3 is 4.98 Å². The Hall–Kier alpha value is -0.500. The van der Waals surface area contributed by atoms with Gasteiger partial charge in [0.2, 0.25) is 0 Å². The Bertz CT molecular complexity index is 222. The number of aromatic amines is 1. The van der Waals surface area contributed by atoms with Crippen LogP contribution in [0.4, 0.5) is 0 Å². The summed E-state index contributed by atoms with van der Waals surface area (Å²) in [5, 5.41) is 0.463. The zero-order valence-electron chi connectivity index (χ0n) is 6.40. The van der Waals surface area contributed by atoms with E-state index in [1.54, 1.807) is 0 Å². The molecule has 0 aliphatic heterocycles. The summed E-state index contributed by atoms with van der Waals surface area (Å²) >= 11 is 5.60. The molecule has 0 saturated heterocycles. The molecule has 0 bridgehead atoms. The van der Waals surface area contributed by atoms with Crippen LogP contribution in [0, 0.1) is 0 Å². The van der Waals surface area contributed by atoms with Gasteiger partial charge >= 0.3 is 0 Å². The summed E-state index contributed by atoms with van der Waals surface area (Å²) in [6.45, 7) is 6.29. The fourth-order valence-corrected chi connectivity index (χ4v) is 0.828. The van der Waals surface area contributed by atoms with Gasteiger partial charge in [0.25, 0.3) is 0 Å². The monoisotopic (exact) mass is 158 g/mol. The van der Waals surface area contributed by atoms with Crippen molar-refractivity contribution in [2.24, 2.45) is 0 Å². The first kappa shape index (κ1) is 7.61. The quantitative estimate of drug-likeness (QED) is 0.617. The minimum Gasteiger partial charge on any atom is -0.335 e. The van der Waals surface area contributed by atoms with Gasteiger partial charge in [-0.2, -0.15) is 0 Å². The van der Waals surface area contributed by atoms with Crippen LogP contribution in [0.25, 0.3) is 0 Å². The van der Waals surface area contributed by atoms with E-state index in [0.29, 0.717) is 5.28 Å². The summed E-state index contributed by atoms with van der Waals surface area (Å²) in [4.78, 5) is 6.92. The van der Waals surface area contributed by atoms with E-state index in [1.165, 1.54) is 0 Å². The predicted molar refractivity (Wildman–Crippen MR) is 42.3 cm³/mol. The van der Waals surface area contributed by atoms with Crippen molar-refractivity contribution in [3.63, 3.8) is 0 Å². The molecule has 1 N–H and O–H groups in total. The number of aromatic nitrogens is 2. The largest absolute Gasteiger partial charge is 0.335 e. The summed E-state index contributed by atoms with van der Waals surface area (Å²) in [5.74, 6) is 0. The van der Waals surface area contributed by atoms with Crippen molar-refractivity contribution in [3.05, 3.63) is 17.2 Å². The van der Waals surface area contributed by atoms with Crippen LogP contribution in [-0.2, 0) is 5.41 Å². The molecule has 0 fully saturated rings. The molecule has 3 heteroatoms. The predicted octanol–water partition coefficient (Wildman–Crippen LogP) is 2.36. The molecule has 2 nitrogen and oxygen atoms in total. The van der Waals surface area contributed by atoms with Crippen LogP contribution < -0.4 is 0 Å². The molecule has 0 aliphatic carbocycles. The van der Waals surface area contributed by atoms with E-state index in [-0.39, 0.29) is 5.41 Å². The maximum Gasteiger partial charge on any atom is 0.200 e. The molecule has 1 aromatic rings. The Kier molecular flexibility index (Phi) is 1.73. The second kappa shape index (κ2) is 2.27. The standard InChI is InChI=1S/C7H11ClN2/c1-7(2,3)5-4-9-6(8)10-5/h4H,1-3H3,(H,9,10). The molecule has 0 saturated carbocycles. The zero-order chi connectivity index (χ0) is 7.78. The highest BCUT2D eigenvalue weighted by Crippen LogP contribution is 2.20. The fraction of sp³-hybridized carbons (Fsp3) is 0.571. The van der Waals surface area contributed by atoms with Crippen molar-refractivity contribution in [2.75, 3.05) is 0 Å². The van der Waals surface area contributed by atoms with Crippen LogP contribution in [0.15, 0.2) is 6.20 Å². The van der Waals surface area contributed by atoms with E-state index in [2.05, 4.69) is 30.7 Å². The molecule has 56 valence electrons. The maximum absolute atomic E-state index is 5.60. The summed E-state index contributed by atoms with van der Waals surface area (Å²) in [7, 11) is 0. The average Bonchev–Trinajstić information content (AvgIpc) is 2.11. The van der Waals surface area contributed by atoms with Crippen LogP contribution in [0.5, 0.6) is 0 Å². The van der Waals surface area contributed by atoms with E-state index >= 15 is 0 Å². The second-order valence-corrected chi connectivity index (χ2v) is 3.68. The molecule has 1 heterocycles. The molecule has 0 spiro atoms. The van der Waals surface area contributed by atoms with E-state index in [1.807, 2.05) is 6.20 Å². The molecule has 0 amide bonds. The lowest BCUT2D eigenvalue weighted by Crippen LogP contribution is -2.11. The summed E-state index contributed by atoms with van der Waals surface area (Å²) in [6, 6.07) is 0. The lowest BCUT2D eigenvalue weighted by molar-refractivity contribution is 0.572. The molecule has 0 radical (unpaired) electrons. The summed E-state index contributed by atoms with van der Waals surface area (Å²) < 4.78 is 0. The topological polar surface area (TPSA) is 28.7 Å². The SMILES string of the molecule is CC(C)(C)c1c[nH]c(Cl)n1. The minimum atomic E-state index is 0.0869. The van der Waals surface area contributed by atoms with Gasteiger partial charge in [-0.1, -0.05) is 20.8 Å².